The summed E-state index contributed by atoms with van der Waals surface area (Å²) in [5.74, 6) is 0.301. The van der Waals surface area contributed by atoms with Gasteiger partial charge in [-0.2, -0.15) is 0 Å². The van der Waals surface area contributed by atoms with Crippen LogP contribution >= 0.6 is 0 Å². The zero-order chi connectivity index (χ0) is 15.4. The minimum atomic E-state index is -0.238. The van der Waals surface area contributed by atoms with Crippen LogP contribution in [0.15, 0.2) is 36.4 Å². The Morgan fingerprint density at radius 2 is 1.76 bits per heavy atom. The fourth-order valence-corrected chi connectivity index (χ4v) is 2.71. The van der Waals surface area contributed by atoms with E-state index in [0.717, 1.165) is 6.42 Å². The largest absolute Gasteiger partial charge is 0.497 e. The Morgan fingerprint density at radius 1 is 1.10 bits per heavy atom. The first-order chi connectivity index (χ1) is 10.0. The highest BCUT2D eigenvalue weighted by Gasteiger charge is 2.15. The third kappa shape index (κ3) is 3.82. The highest BCUT2D eigenvalue weighted by atomic mass is 19.1. The Hall–Kier alpha value is -1.87. The first-order valence-electron chi connectivity index (χ1n) is 7.11. The standard InChI is InChI=1S/C18H22FNO/c1-12-7-13(2)9-14(8-12)10-18(20-3)16-6-5-15(21-4)11-17(16)19/h5-9,11,18,20H,10H2,1-4H3. The molecule has 0 amide bonds. The molecule has 0 radical (unpaired) electrons. The van der Waals surface area contributed by atoms with E-state index in [1.807, 2.05) is 7.05 Å². The zero-order valence-corrected chi connectivity index (χ0v) is 13.0. The molecule has 0 bridgehead atoms. The molecule has 0 fully saturated rings. The molecular weight excluding hydrogens is 265 g/mol. The number of ether oxygens (including phenoxy) is 1. The number of aryl methyl sites for hydroxylation is 2. The first kappa shape index (κ1) is 15.5. The maximum atomic E-state index is 14.2. The maximum absolute atomic E-state index is 14.2. The van der Waals surface area contributed by atoms with Gasteiger partial charge in [-0.1, -0.05) is 35.4 Å². The molecule has 2 aromatic rings. The number of halogens is 1. The van der Waals surface area contributed by atoms with Crippen LogP contribution in [-0.4, -0.2) is 14.2 Å². The van der Waals surface area contributed by atoms with E-state index >= 15 is 0 Å². The lowest BCUT2D eigenvalue weighted by Crippen LogP contribution is -2.20. The van der Waals surface area contributed by atoms with Gasteiger partial charge in [0.2, 0.25) is 0 Å². The predicted molar refractivity (Wildman–Crippen MR) is 84.4 cm³/mol. The van der Waals surface area contributed by atoms with Gasteiger partial charge in [0.05, 0.1) is 7.11 Å². The number of rotatable bonds is 5. The topological polar surface area (TPSA) is 21.3 Å². The summed E-state index contributed by atoms with van der Waals surface area (Å²) in [6.07, 6.45) is 0.752. The van der Waals surface area contributed by atoms with Gasteiger partial charge in [-0.25, -0.2) is 4.39 Å². The fourth-order valence-electron chi connectivity index (χ4n) is 2.71. The highest BCUT2D eigenvalue weighted by Crippen LogP contribution is 2.25. The van der Waals surface area contributed by atoms with Crippen LogP contribution in [0.2, 0.25) is 0 Å². The van der Waals surface area contributed by atoms with Gasteiger partial charge in [0, 0.05) is 17.7 Å². The molecular formula is C18H22FNO. The lowest BCUT2D eigenvalue weighted by molar-refractivity contribution is 0.409. The minimum Gasteiger partial charge on any atom is -0.497 e. The van der Waals surface area contributed by atoms with Crippen LogP contribution in [-0.2, 0) is 6.42 Å². The van der Waals surface area contributed by atoms with Crippen LogP contribution in [0.3, 0.4) is 0 Å². The summed E-state index contributed by atoms with van der Waals surface area (Å²) in [5.41, 5.74) is 4.34. The summed E-state index contributed by atoms with van der Waals surface area (Å²) in [6, 6.07) is 11.4. The van der Waals surface area contributed by atoms with Gasteiger partial charge in [-0.05, 0) is 38.9 Å². The van der Waals surface area contributed by atoms with E-state index in [9.17, 15) is 4.39 Å². The zero-order valence-electron chi connectivity index (χ0n) is 13.0. The number of hydrogen-bond acceptors (Lipinski definition) is 2. The Kier molecular flexibility index (Phi) is 4.97. The van der Waals surface area contributed by atoms with Gasteiger partial charge in [0.1, 0.15) is 11.6 Å². The molecule has 0 saturated heterocycles. The maximum Gasteiger partial charge on any atom is 0.131 e. The van der Waals surface area contributed by atoms with E-state index < -0.39 is 0 Å². The van der Waals surface area contributed by atoms with Crippen molar-refractivity contribution in [2.45, 2.75) is 26.3 Å². The fraction of sp³-hybridized carbons (Fsp3) is 0.333. The van der Waals surface area contributed by atoms with E-state index in [1.54, 1.807) is 19.2 Å². The van der Waals surface area contributed by atoms with Crippen LogP contribution in [0.5, 0.6) is 5.75 Å². The highest BCUT2D eigenvalue weighted by molar-refractivity contribution is 5.34. The molecule has 2 rings (SSSR count). The average molecular weight is 287 g/mol. The number of benzene rings is 2. The van der Waals surface area contributed by atoms with Crippen molar-refractivity contribution < 1.29 is 9.13 Å². The number of nitrogens with one attached hydrogen (secondary N) is 1. The molecule has 0 aromatic heterocycles. The third-order valence-electron chi connectivity index (χ3n) is 3.65. The average Bonchev–Trinajstić information content (AvgIpc) is 2.44. The van der Waals surface area contributed by atoms with Gasteiger partial charge in [-0.3, -0.25) is 0 Å². The summed E-state index contributed by atoms with van der Waals surface area (Å²) in [7, 11) is 3.40. The van der Waals surface area contributed by atoms with E-state index in [4.69, 9.17) is 4.74 Å². The van der Waals surface area contributed by atoms with Gasteiger partial charge >= 0.3 is 0 Å². The van der Waals surface area contributed by atoms with Gasteiger partial charge < -0.3 is 10.1 Å². The van der Waals surface area contributed by atoms with E-state index in [-0.39, 0.29) is 11.9 Å². The molecule has 21 heavy (non-hydrogen) atoms. The van der Waals surface area contributed by atoms with Crippen LogP contribution in [0.1, 0.15) is 28.3 Å². The second kappa shape index (κ2) is 6.72. The Bertz CT molecular complexity index is 604. The smallest absolute Gasteiger partial charge is 0.131 e. The minimum absolute atomic E-state index is 0.0582. The summed E-state index contributed by atoms with van der Waals surface area (Å²) in [6.45, 7) is 4.16. The third-order valence-corrected chi connectivity index (χ3v) is 3.65. The second-order valence-corrected chi connectivity index (χ2v) is 5.43. The quantitative estimate of drug-likeness (QED) is 0.899. The molecule has 2 nitrogen and oxygen atoms in total. The van der Waals surface area contributed by atoms with Crippen molar-refractivity contribution in [3.8, 4) is 5.75 Å². The SMILES string of the molecule is CNC(Cc1cc(C)cc(C)c1)c1ccc(OC)cc1F. The van der Waals surface area contributed by atoms with E-state index in [1.165, 1.54) is 22.8 Å². The summed E-state index contributed by atoms with van der Waals surface area (Å²) in [5, 5.41) is 3.20. The van der Waals surface area contributed by atoms with Crippen molar-refractivity contribution in [1.29, 1.82) is 0 Å². The molecule has 0 aliphatic heterocycles. The van der Waals surface area contributed by atoms with Crippen LogP contribution < -0.4 is 10.1 Å². The van der Waals surface area contributed by atoms with Gasteiger partial charge in [0.15, 0.2) is 0 Å². The molecule has 1 unspecified atom stereocenters. The van der Waals surface area contributed by atoms with Gasteiger partial charge in [0.25, 0.3) is 0 Å². The lowest BCUT2D eigenvalue weighted by atomic mass is 9.96. The second-order valence-electron chi connectivity index (χ2n) is 5.43. The Balaban J connectivity index is 2.27. The van der Waals surface area contributed by atoms with Crippen LogP contribution in [0, 0.1) is 19.7 Å². The molecule has 1 N–H and O–H groups in total. The van der Waals surface area contributed by atoms with Crippen LogP contribution in [0.4, 0.5) is 4.39 Å². The van der Waals surface area contributed by atoms with Gasteiger partial charge in [-0.15, -0.1) is 0 Å². The number of methoxy groups -OCH3 is 1. The molecule has 3 heteroatoms. The monoisotopic (exact) mass is 287 g/mol. The number of likely N-dealkylation sites (N-methyl/N-ethyl adjacent to an activating group) is 1. The van der Waals surface area contributed by atoms with Crippen molar-refractivity contribution in [1.82, 2.24) is 5.32 Å². The molecule has 2 aromatic carbocycles. The molecule has 0 heterocycles. The number of hydrogen-bond donors (Lipinski definition) is 1. The van der Waals surface area contributed by atoms with Crippen molar-refractivity contribution in [3.05, 3.63) is 64.5 Å². The molecule has 0 spiro atoms. The van der Waals surface area contributed by atoms with Crippen molar-refractivity contribution in [2.24, 2.45) is 0 Å². The molecule has 0 aliphatic carbocycles. The molecule has 0 saturated carbocycles. The Labute approximate surface area is 126 Å². The predicted octanol–water partition coefficient (Wildman–Crippen LogP) is 3.95. The van der Waals surface area contributed by atoms with E-state index in [0.29, 0.717) is 11.3 Å². The Morgan fingerprint density at radius 3 is 2.29 bits per heavy atom. The summed E-state index contributed by atoms with van der Waals surface area (Å²) in [4.78, 5) is 0. The van der Waals surface area contributed by atoms with Crippen LogP contribution in [0.25, 0.3) is 0 Å². The lowest BCUT2D eigenvalue weighted by Gasteiger charge is -2.18. The first-order valence-corrected chi connectivity index (χ1v) is 7.11. The molecule has 1 atom stereocenters. The molecule has 112 valence electrons. The van der Waals surface area contributed by atoms with Crippen molar-refractivity contribution in [2.75, 3.05) is 14.2 Å². The van der Waals surface area contributed by atoms with Crippen molar-refractivity contribution in [3.63, 3.8) is 0 Å². The normalized spacial score (nSPS) is 12.2. The molecule has 0 aliphatic rings. The van der Waals surface area contributed by atoms with Crippen molar-refractivity contribution >= 4 is 0 Å². The summed E-state index contributed by atoms with van der Waals surface area (Å²) < 4.78 is 19.3. The van der Waals surface area contributed by atoms with E-state index in [2.05, 4.69) is 37.4 Å². The summed E-state index contributed by atoms with van der Waals surface area (Å²) >= 11 is 0.